The number of carbonyl (C=O) groups is 2. The Labute approximate surface area is 257 Å². The van der Waals surface area contributed by atoms with Crippen molar-refractivity contribution in [2.45, 2.75) is 47.0 Å². The lowest BCUT2D eigenvalue weighted by Gasteiger charge is -2.20. The molecule has 7 nitrogen and oxygen atoms in total. The highest BCUT2D eigenvalue weighted by molar-refractivity contribution is 6.32. The minimum absolute atomic E-state index is 0.135. The number of halogens is 1. The molecule has 8 heteroatoms. The Balaban J connectivity index is 1.48. The summed E-state index contributed by atoms with van der Waals surface area (Å²) in [5.41, 5.74) is 10.7. The topological polar surface area (TPSA) is 84.7 Å². The molecule has 1 aromatic heterocycles. The summed E-state index contributed by atoms with van der Waals surface area (Å²) >= 11 is 6.33. The van der Waals surface area contributed by atoms with E-state index >= 15 is 0 Å². The van der Waals surface area contributed by atoms with Gasteiger partial charge in [0.15, 0.2) is 0 Å². The van der Waals surface area contributed by atoms with Crippen molar-refractivity contribution in [3.05, 3.63) is 104 Å². The van der Waals surface area contributed by atoms with Gasteiger partial charge in [0.1, 0.15) is 5.75 Å². The van der Waals surface area contributed by atoms with Crippen LogP contribution in [0, 0.1) is 27.7 Å². The predicted octanol–water partition coefficient (Wildman–Crippen LogP) is 7.50. The van der Waals surface area contributed by atoms with E-state index in [0.717, 1.165) is 61.1 Å². The highest BCUT2D eigenvalue weighted by atomic mass is 35.5. The lowest BCUT2D eigenvalue weighted by atomic mass is 9.93. The Morgan fingerprint density at radius 1 is 1.02 bits per heavy atom. The second-order valence-electron chi connectivity index (χ2n) is 11.2. The van der Waals surface area contributed by atoms with E-state index in [4.69, 9.17) is 16.3 Å². The maximum absolute atomic E-state index is 14.1. The fourth-order valence-corrected chi connectivity index (χ4v) is 6.10. The Kier molecular flexibility index (Phi) is 8.47. The van der Waals surface area contributed by atoms with E-state index in [0.29, 0.717) is 37.1 Å². The molecule has 0 radical (unpaired) electrons. The number of aromatic nitrogens is 2. The molecule has 5 rings (SSSR count). The third kappa shape index (κ3) is 5.82. The molecule has 222 valence electrons. The molecule has 3 aromatic carbocycles. The molecule has 1 amide bonds. The number of carbonyl (C=O) groups excluding carboxylic acids is 1. The van der Waals surface area contributed by atoms with Gasteiger partial charge in [-0.2, -0.15) is 5.10 Å². The van der Waals surface area contributed by atoms with Gasteiger partial charge >= 0.3 is 5.97 Å². The van der Waals surface area contributed by atoms with Crippen molar-refractivity contribution >= 4 is 34.7 Å². The van der Waals surface area contributed by atoms with E-state index in [9.17, 15) is 14.7 Å². The third-order valence-corrected chi connectivity index (χ3v) is 8.89. The maximum atomic E-state index is 14.1. The molecule has 0 unspecified atom stereocenters. The number of amides is 1. The van der Waals surface area contributed by atoms with Crippen LogP contribution < -0.4 is 9.64 Å². The normalized spacial score (nSPS) is 12.4. The van der Waals surface area contributed by atoms with Gasteiger partial charge < -0.3 is 14.7 Å². The third-order valence-electron chi connectivity index (χ3n) is 8.29. The average Bonchev–Trinajstić information content (AvgIpc) is 3.48. The molecule has 1 aliphatic rings. The van der Waals surface area contributed by atoms with Crippen LogP contribution in [-0.2, 0) is 18.3 Å². The molecule has 0 aliphatic heterocycles. The number of hydrogen-bond acceptors (Lipinski definition) is 4. The van der Waals surface area contributed by atoms with E-state index in [1.165, 1.54) is 12.1 Å². The summed E-state index contributed by atoms with van der Waals surface area (Å²) in [5.74, 6) is -0.405. The first-order valence-electron chi connectivity index (χ1n) is 14.3. The lowest BCUT2D eigenvalue weighted by molar-refractivity contribution is -0.114. The van der Waals surface area contributed by atoms with Gasteiger partial charge in [-0.05, 0) is 104 Å². The lowest BCUT2D eigenvalue weighted by Crippen LogP contribution is -2.28. The molecular formula is C35H36ClN3O4. The number of aromatic carboxylic acids is 1. The summed E-state index contributed by atoms with van der Waals surface area (Å²) in [6, 6.07) is 16.6. The Morgan fingerprint density at radius 3 is 2.35 bits per heavy atom. The number of aryl methyl sites for hydroxylation is 4. The molecule has 0 saturated carbocycles. The molecule has 0 spiro atoms. The maximum Gasteiger partial charge on any atom is 0.335 e. The van der Waals surface area contributed by atoms with Gasteiger partial charge in [-0.1, -0.05) is 35.9 Å². The highest BCUT2D eigenvalue weighted by Crippen LogP contribution is 2.43. The van der Waals surface area contributed by atoms with E-state index in [1.807, 2.05) is 50.7 Å². The Bertz CT molecular complexity index is 1760. The molecule has 43 heavy (non-hydrogen) atoms. The van der Waals surface area contributed by atoms with Crippen molar-refractivity contribution in [1.29, 1.82) is 0 Å². The minimum Gasteiger partial charge on any atom is -0.494 e. The monoisotopic (exact) mass is 597 g/mol. The quantitative estimate of drug-likeness (QED) is 0.202. The first-order valence-corrected chi connectivity index (χ1v) is 14.7. The number of hydrogen-bond donors (Lipinski definition) is 1. The number of likely N-dealkylation sites (N-methyl/N-ethyl adjacent to an activating group) is 1. The van der Waals surface area contributed by atoms with Crippen LogP contribution in [0.5, 0.6) is 5.75 Å². The van der Waals surface area contributed by atoms with Gasteiger partial charge in [0.2, 0.25) is 0 Å². The number of nitrogens with zero attached hydrogens (tertiary/aromatic N) is 3. The van der Waals surface area contributed by atoms with E-state index < -0.39 is 5.97 Å². The number of rotatable bonds is 9. The smallest absolute Gasteiger partial charge is 0.335 e. The molecule has 0 atom stereocenters. The summed E-state index contributed by atoms with van der Waals surface area (Å²) in [4.78, 5) is 27.3. The number of carboxylic acid groups (broad SMARTS) is 1. The van der Waals surface area contributed by atoms with Crippen LogP contribution in [0.1, 0.15) is 56.8 Å². The van der Waals surface area contributed by atoms with Gasteiger partial charge in [0.05, 0.1) is 17.9 Å². The molecule has 1 heterocycles. The van der Waals surface area contributed by atoms with Gasteiger partial charge in [-0.3, -0.25) is 9.48 Å². The van der Waals surface area contributed by atoms with Crippen molar-refractivity contribution in [2.75, 3.05) is 18.6 Å². The van der Waals surface area contributed by atoms with Gasteiger partial charge in [0, 0.05) is 48.1 Å². The van der Waals surface area contributed by atoms with Crippen molar-refractivity contribution in [1.82, 2.24) is 9.78 Å². The van der Waals surface area contributed by atoms with Gasteiger partial charge in [-0.25, -0.2) is 4.79 Å². The van der Waals surface area contributed by atoms with E-state index in [2.05, 4.69) is 24.2 Å². The van der Waals surface area contributed by atoms with Crippen LogP contribution >= 0.6 is 11.6 Å². The molecule has 1 aliphatic carbocycles. The number of benzene rings is 3. The number of fused-ring (bicyclic) bond motifs is 1. The van der Waals surface area contributed by atoms with Crippen molar-refractivity contribution in [2.24, 2.45) is 7.05 Å². The van der Waals surface area contributed by atoms with E-state index in [1.54, 1.807) is 24.1 Å². The van der Waals surface area contributed by atoms with Gasteiger partial charge in [0.25, 0.3) is 5.91 Å². The van der Waals surface area contributed by atoms with Crippen LogP contribution in [-0.4, -0.2) is 40.4 Å². The number of carboxylic acids is 1. The number of ether oxygens (including phenoxy) is 1. The Hall–Kier alpha value is -4.36. The SMILES string of the molecule is Cc1cc(OCCCC2=C(C(=O)N(C)c3cccc(C(=O)O)c3)Cc3c2cccc3-c2c(C)nn(C)c2C)cc(C)c1Cl. The largest absolute Gasteiger partial charge is 0.494 e. The van der Waals surface area contributed by atoms with Crippen LogP contribution in [0.15, 0.2) is 60.2 Å². The van der Waals surface area contributed by atoms with E-state index in [-0.39, 0.29) is 11.5 Å². The number of allylic oxidation sites excluding steroid dienone is 1. The standard InChI is InChI=1S/C35H36ClN3O4/c1-20-16-26(17-21(2)33(20)36)43-15-9-14-28-27-12-8-13-29(32-22(3)37-39(6)23(32)4)30(27)19-31(28)34(40)38(5)25-11-7-10-24(18-25)35(41)42/h7-8,10-13,16-18H,9,14-15,19H2,1-6H3,(H,41,42). The van der Waals surface area contributed by atoms with Crippen LogP contribution in [0.3, 0.4) is 0 Å². The summed E-state index contributed by atoms with van der Waals surface area (Å²) in [5, 5.41) is 14.9. The zero-order valence-corrected chi connectivity index (χ0v) is 26.2. The average molecular weight is 598 g/mol. The van der Waals surface area contributed by atoms with Crippen molar-refractivity contribution in [3.63, 3.8) is 0 Å². The minimum atomic E-state index is -1.03. The summed E-state index contributed by atoms with van der Waals surface area (Å²) in [6.45, 7) is 8.49. The van der Waals surface area contributed by atoms with Gasteiger partial charge in [-0.15, -0.1) is 0 Å². The Morgan fingerprint density at radius 2 is 1.70 bits per heavy atom. The molecule has 1 N–H and O–H groups in total. The second-order valence-corrected chi connectivity index (χ2v) is 11.6. The van der Waals surface area contributed by atoms with Crippen molar-refractivity contribution < 1.29 is 19.4 Å². The fourth-order valence-electron chi connectivity index (χ4n) is 5.99. The fraction of sp³-hybridized carbons (Fsp3) is 0.286. The van der Waals surface area contributed by atoms with Crippen LogP contribution in [0.25, 0.3) is 16.7 Å². The zero-order chi connectivity index (χ0) is 31.0. The summed E-state index contributed by atoms with van der Waals surface area (Å²) < 4.78 is 7.99. The summed E-state index contributed by atoms with van der Waals surface area (Å²) in [6.07, 6.45) is 1.84. The molecule has 0 bridgehead atoms. The van der Waals surface area contributed by atoms with Crippen LogP contribution in [0.2, 0.25) is 5.02 Å². The molecule has 4 aromatic rings. The van der Waals surface area contributed by atoms with Crippen molar-refractivity contribution in [3.8, 4) is 16.9 Å². The van der Waals surface area contributed by atoms with Crippen LogP contribution in [0.4, 0.5) is 5.69 Å². The zero-order valence-electron chi connectivity index (χ0n) is 25.4. The molecule has 0 fully saturated rings. The molecular weight excluding hydrogens is 562 g/mol. The summed E-state index contributed by atoms with van der Waals surface area (Å²) in [7, 11) is 3.64. The number of anilines is 1. The molecule has 0 saturated heterocycles. The second kappa shape index (κ2) is 12.1. The first-order chi connectivity index (χ1) is 20.5. The predicted molar refractivity (Wildman–Crippen MR) is 171 cm³/mol. The highest BCUT2D eigenvalue weighted by Gasteiger charge is 2.31. The first kappa shape index (κ1) is 30.1.